The first-order valence-corrected chi connectivity index (χ1v) is 4.91. The number of hydrogen-bond donors (Lipinski definition) is 1. The molecular formula is C10H7BBrO2. The van der Waals surface area contributed by atoms with E-state index in [1.54, 1.807) is 0 Å². The number of hydrogen-bond acceptors (Lipinski definition) is 2. The lowest BCUT2D eigenvalue weighted by Gasteiger charge is -2.03. The lowest BCUT2D eigenvalue weighted by Crippen LogP contribution is -1.99. The fourth-order valence-electron chi connectivity index (χ4n) is 1.33. The molecule has 2 nitrogen and oxygen atoms in total. The van der Waals surface area contributed by atoms with Gasteiger partial charge in [0.2, 0.25) is 0 Å². The molecule has 69 valence electrons. The van der Waals surface area contributed by atoms with E-state index in [-0.39, 0.29) is 0 Å². The number of fused-ring (bicyclic) bond motifs is 1. The summed E-state index contributed by atoms with van der Waals surface area (Å²) in [7, 11) is 0.680. The Morgan fingerprint density at radius 2 is 1.86 bits per heavy atom. The largest absolute Gasteiger partial charge is 0.569 e. The molecule has 0 aliphatic rings. The number of halogens is 1. The van der Waals surface area contributed by atoms with E-state index in [0.717, 1.165) is 15.2 Å². The lowest BCUT2D eigenvalue weighted by atomic mass is 10.1. The van der Waals surface area contributed by atoms with Crippen LogP contribution in [0.15, 0.2) is 40.9 Å². The first-order chi connectivity index (χ1) is 6.79. The second kappa shape index (κ2) is 4.03. The summed E-state index contributed by atoms with van der Waals surface area (Å²) in [6.45, 7) is 0. The van der Waals surface area contributed by atoms with Crippen molar-refractivity contribution in [2.75, 3.05) is 0 Å². The van der Waals surface area contributed by atoms with Gasteiger partial charge < -0.3 is 9.68 Å². The van der Waals surface area contributed by atoms with Crippen LogP contribution in [0.3, 0.4) is 0 Å². The molecule has 14 heavy (non-hydrogen) atoms. The van der Waals surface area contributed by atoms with Gasteiger partial charge in [-0.05, 0) is 35.0 Å². The van der Waals surface area contributed by atoms with Crippen LogP contribution in [-0.2, 0) is 0 Å². The standard InChI is InChI=1S/C10H7BBrO2/c12-9-3-1-7-2-4-10(14-11-13)6-8(7)5-9/h1-6,13H. The molecule has 0 saturated carbocycles. The van der Waals surface area contributed by atoms with Crippen molar-refractivity contribution < 1.29 is 9.68 Å². The first kappa shape index (κ1) is 9.56. The molecule has 2 aromatic rings. The Hall–Kier alpha value is -0.995. The Morgan fingerprint density at radius 3 is 2.64 bits per heavy atom. The summed E-state index contributed by atoms with van der Waals surface area (Å²) >= 11 is 3.40. The summed E-state index contributed by atoms with van der Waals surface area (Å²) in [5, 5.41) is 10.7. The molecule has 0 aliphatic carbocycles. The van der Waals surface area contributed by atoms with Crippen LogP contribution in [-0.4, -0.2) is 12.7 Å². The van der Waals surface area contributed by atoms with Crippen molar-refractivity contribution in [3.63, 3.8) is 0 Å². The van der Waals surface area contributed by atoms with Gasteiger partial charge in [0.25, 0.3) is 0 Å². The summed E-state index contributed by atoms with van der Waals surface area (Å²) in [5.74, 6) is 0.623. The maximum atomic E-state index is 8.49. The molecule has 0 aromatic heterocycles. The minimum atomic E-state index is 0.623. The second-order valence-electron chi connectivity index (χ2n) is 2.88. The summed E-state index contributed by atoms with van der Waals surface area (Å²) < 4.78 is 5.89. The van der Waals surface area contributed by atoms with Gasteiger partial charge in [-0.15, -0.1) is 0 Å². The Balaban J connectivity index is 2.52. The van der Waals surface area contributed by atoms with Gasteiger partial charge in [0, 0.05) is 4.47 Å². The zero-order valence-corrected chi connectivity index (χ0v) is 8.86. The van der Waals surface area contributed by atoms with Gasteiger partial charge in [0.05, 0.1) is 0 Å². The fourth-order valence-corrected chi connectivity index (χ4v) is 1.71. The maximum Gasteiger partial charge on any atom is 0.569 e. The van der Waals surface area contributed by atoms with Gasteiger partial charge in [-0.3, -0.25) is 0 Å². The molecule has 0 heterocycles. The van der Waals surface area contributed by atoms with Crippen molar-refractivity contribution in [2.45, 2.75) is 0 Å². The Labute approximate surface area is 90.9 Å². The number of rotatable bonds is 2. The molecule has 2 rings (SSSR count). The molecule has 0 fully saturated rings. The highest BCUT2D eigenvalue weighted by molar-refractivity contribution is 9.10. The highest BCUT2D eigenvalue weighted by Gasteiger charge is 1.98. The van der Waals surface area contributed by atoms with E-state index in [9.17, 15) is 0 Å². The molecule has 0 spiro atoms. The molecule has 0 bridgehead atoms. The monoisotopic (exact) mass is 249 g/mol. The minimum Gasteiger partial charge on any atom is -0.537 e. The quantitative estimate of drug-likeness (QED) is 0.829. The molecule has 0 saturated heterocycles. The zero-order chi connectivity index (χ0) is 9.97. The highest BCUT2D eigenvalue weighted by Crippen LogP contribution is 2.23. The van der Waals surface area contributed by atoms with Gasteiger partial charge in [0.15, 0.2) is 0 Å². The van der Waals surface area contributed by atoms with Gasteiger partial charge in [-0.2, -0.15) is 0 Å². The minimum absolute atomic E-state index is 0.623. The van der Waals surface area contributed by atoms with Gasteiger partial charge >= 0.3 is 7.69 Å². The smallest absolute Gasteiger partial charge is 0.537 e. The van der Waals surface area contributed by atoms with Crippen LogP contribution in [0.25, 0.3) is 10.8 Å². The third-order valence-corrected chi connectivity index (χ3v) is 2.46. The molecule has 0 atom stereocenters. The van der Waals surface area contributed by atoms with Crippen molar-refractivity contribution >= 4 is 34.4 Å². The molecule has 2 aromatic carbocycles. The fraction of sp³-hybridized carbons (Fsp3) is 0. The molecule has 4 heteroatoms. The van der Waals surface area contributed by atoms with Crippen molar-refractivity contribution in [1.82, 2.24) is 0 Å². The molecule has 1 N–H and O–H groups in total. The van der Waals surface area contributed by atoms with Crippen LogP contribution < -0.4 is 4.65 Å². The van der Waals surface area contributed by atoms with Crippen LogP contribution in [0.2, 0.25) is 0 Å². The summed E-state index contributed by atoms with van der Waals surface area (Å²) in [4.78, 5) is 0. The normalized spacial score (nSPS) is 10.1. The van der Waals surface area contributed by atoms with Crippen LogP contribution in [0, 0.1) is 0 Å². The Bertz CT molecular complexity index is 459. The molecule has 0 unspecified atom stereocenters. The summed E-state index contributed by atoms with van der Waals surface area (Å²) in [5.41, 5.74) is 0. The first-order valence-electron chi connectivity index (χ1n) is 4.11. The maximum absolute atomic E-state index is 8.49. The van der Waals surface area contributed by atoms with E-state index < -0.39 is 0 Å². The van der Waals surface area contributed by atoms with Gasteiger partial charge in [-0.1, -0.05) is 28.1 Å². The zero-order valence-electron chi connectivity index (χ0n) is 7.27. The summed E-state index contributed by atoms with van der Waals surface area (Å²) in [6, 6.07) is 11.6. The average molecular weight is 250 g/mol. The van der Waals surface area contributed by atoms with Gasteiger partial charge in [0.1, 0.15) is 5.75 Å². The topological polar surface area (TPSA) is 29.5 Å². The van der Waals surface area contributed by atoms with Crippen LogP contribution in [0.1, 0.15) is 0 Å². The predicted octanol–water partition coefficient (Wildman–Crippen LogP) is 2.51. The molecule has 1 radical (unpaired) electrons. The van der Waals surface area contributed by atoms with Crippen molar-refractivity contribution in [3.8, 4) is 5.75 Å². The SMILES string of the molecule is O[B]Oc1ccc2ccc(Br)cc2c1. The van der Waals surface area contributed by atoms with Crippen molar-refractivity contribution in [3.05, 3.63) is 40.9 Å². The summed E-state index contributed by atoms with van der Waals surface area (Å²) in [6.07, 6.45) is 0. The Kier molecular flexibility index (Phi) is 2.75. The van der Waals surface area contributed by atoms with E-state index in [0.29, 0.717) is 13.4 Å². The average Bonchev–Trinajstić information content (AvgIpc) is 2.17. The van der Waals surface area contributed by atoms with Crippen molar-refractivity contribution in [1.29, 1.82) is 0 Å². The Morgan fingerprint density at radius 1 is 1.07 bits per heavy atom. The van der Waals surface area contributed by atoms with Crippen LogP contribution in [0.4, 0.5) is 0 Å². The molecule has 0 amide bonds. The van der Waals surface area contributed by atoms with E-state index in [2.05, 4.69) is 15.9 Å². The number of benzene rings is 2. The van der Waals surface area contributed by atoms with Crippen LogP contribution in [0.5, 0.6) is 5.75 Å². The third-order valence-electron chi connectivity index (χ3n) is 1.96. The van der Waals surface area contributed by atoms with Crippen molar-refractivity contribution in [2.24, 2.45) is 0 Å². The van der Waals surface area contributed by atoms with E-state index >= 15 is 0 Å². The predicted molar refractivity (Wildman–Crippen MR) is 60.2 cm³/mol. The third kappa shape index (κ3) is 1.91. The van der Waals surface area contributed by atoms with E-state index in [1.807, 2.05) is 36.4 Å². The van der Waals surface area contributed by atoms with E-state index in [4.69, 9.17) is 9.68 Å². The lowest BCUT2D eigenvalue weighted by molar-refractivity contribution is 0.454. The molecule has 0 aliphatic heterocycles. The second-order valence-corrected chi connectivity index (χ2v) is 3.79. The van der Waals surface area contributed by atoms with Crippen LogP contribution >= 0.6 is 15.9 Å². The van der Waals surface area contributed by atoms with Gasteiger partial charge in [-0.25, -0.2) is 0 Å². The molecular weight excluding hydrogens is 243 g/mol. The highest BCUT2D eigenvalue weighted by atomic mass is 79.9. The van der Waals surface area contributed by atoms with E-state index in [1.165, 1.54) is 0 Å².